The molecule has 7 rings (SSSR count). The predicted molar refractivity (Wildman–Crippen MR) is 208 cm³/mol. The van der Waals surface area contributed by atoms with Crippen LogP contribution in [0.4, 0.5) is 5.69 Å². The van der Waals surface area contributed by atoms with Crippen LogP contribution in [0.25, 0.3) is 11.6 Å². The second-order valence-electron chi connectivity index (χ2n) is 13.0. The standard InChI is InChI=1S/C46H42N2O5/c1-3-48(4-2)38-20-14-33(15-21-38)28-35(30-47)45(49)51-27-26-50-39-22-16-36(17-23-39)46(37-18-24-40(25-19-37)52-31-41-32-53-41)29-43(34-10-6-5-7-11-34)42-12-8-9-13-44(42)46/h5-25,28-29,41H,3-4,26-27,31-32H2,1-2H3. The highest BCUT2D eigenvalue weighted by atomic mass is 16.6. The monoisotopic (exact) mass is 702 g/mol. The van der Waals surface area contributed by atoms with Crippen molar-refractivity contribution in [3.8, 4) is 17.6 Å². The van der Waals surface area contributed by atoms with Crippen LogP contribution in [-0.4, -0.2) is 51.6 Å². The van der Waals surface area contributed by atoms with Gasteiger partial charge in [0.25, 0.3) is 0 Å². The van der Waals surface area contributed by atoms with Crippen molar-refractivity contribution in [2.75, 3.05) is 44.4 Å². The van der Waals surface area contributed by atoms with E-state index in [1.807, 2.05) is 60.7 Å². The van der Waals surface area contributed by atoms with Crippen LogP contribution >= 0.6 is 0 Å². The number of rotatable bonds is 15. The zero-order chi connectivity index (χ0) is 36.6. The Morgan fingerprint density at radius 3 is 2.06 bits per heavy atom. The van der Waals surface area contributed by atoms with Gasteiger partial charge in [-0.3, -0.25) is 0 Å². The van der Waals surface area contributed by atoms with Crippen molar-refractivity contribution in [1.29, 1.82) is 5.26 Å². The summed E-state index contributed by atoms with van der Waals surface area (Å²) in [5.74, 6) is 0.776. The van der Waals surface area contributed by atoms with Gasteiger partial charge in [-0.05, 0) is 95.3 Å². The van der Waals surface area contributed by atoms with Crippen LogP contribution in [-0.2, 0) is 19.7 Å². The molecule has 2 atom stereocenters. The lowest BCUT2D eigenvalue weighted by atomic mass is 9.71. The van der Waals surface area contributed by atoms with E-state index in [-0.39, 0.29) is 24.9 Å². The Balaban J connectivity index is 1.07. The summed E-state index contributed by atoms with van der Waals surface area (Å²) in [6, 6.07) is 45.3. The number of benzene rings is 5. The number of ether oxygens (including phenoxy) is 4. The summed E-state index contributed by atoms with van der Waals surface area (Å²) in [4.78, 5) is 15.0. The first-order chi connectivity index (χ1) is 26.0. The van der Waals surface area contributed by atoms with Crippen LogP contribution in [0, 0.1) is 11.3 Å². The molecule has 53 heavy (non-hydrogen) atoms. The topological polar surface area (TPSA) is 84.3 Å². The smallest absolute Gasteiger partial charge is 0.349 e. The predicted octanol–water partition coefficient (Wildman–Crippen LogP) is 8.62. The zero-order valence-corrected chi connectivity index (χ0v) is 30.0. The molecule has 0 saturated carbocycles. The van der Waals surface area contributed by atoms with E-state index in [0.717, 1.165) is 53.4 Å². The van der Waals surface area contributed by atoms with Crippen LogP contribution in [0.15, 0.2) is 139 Å². The van der Waals surface area contributed by atoms with Crippen LogP contribution in [0.1, 0.15) is 47.2 Å². The molecule has 5 aromatic carbocycles. The third-order valence-electron chi connectivity index (χ3n) is 9.80. The zero-order valence-electron chi connectivity index (χ0n) is 30.0. The Kier molecular flexibility index (Phi) is 10.7. The number of carbonyl (C=O) groups excluding carboxylic acids is 1. The number of nitriles is 1. The van der Waals surface area contributed by atoms with Crippen molar-refractivity contribution in [3.05, 3.63) is 172 Å². The molecule has 2 unspecified atom stereocenters. The first-order valence-corrected chi connectivity index (χ1v) is 18.1. The molecule has 1 heterocycles. The molecule has 7 nitrogen and oxygen atoms in total. The maximum Gasteiger partial charge on any atom is 0.349 e. The number of hydrogen-bond acceptors (Lipinski definition) is 7. The minimum Gasteiger partial charge on any atom is -0.491 e. The number of allylic oxidation sites excluding steroid dienone is 1. The van der Waals surface area contributed by atoms with Gasteiger partial charge in [-0.25, -0.2) is 4.79 Å². The fourth-order valence-corrected chi connectivity index (χ4v) is 6.96. The van der Waals surface area contributed by atoms with Crippen molar-refractivity contribution < 1.29 is 23.7 Å². The fraction of sp³-hybridized carbons (Fsp3) is 0.217. The fourth-order valence-electron chi connectivity index (χ4n) is 6.96. The molecule has 266 valence electrons. The van der Waals surface area contributed by atoms with Gasteiger partial charge in [-0.1, -0.05) is 97.1 Å². The van der Waals surface area contributed by atoms with Gasteiger partial charge in [0, 0.05) is 18.8 Å². The molecule has 2 aliphatic rings. The summed E-state index contributed by atoms with van der Waals surface area (Å²) in [6.07, 6.45) is 4.10. The van der Waals surface area contributed by atoms with Crippen LogP contribution < -0.4 is 14.4 Å². The molecule has 0 aromatic heterocycles. The van der Waals surface area contributed by atoms with Gasteiger partial charge < -0.3 is 23.8 Å². The SMILES string of the molecule is CCN(CC)c1ccc(C=C(C#N)C(=O)OCCOc2ccc(C3(c4ccc(OCC5CO5)cc4)C=C(c4ccccc4)c4ccccc43)cc2)cc1. The number of carbonyl (C=O) groups is 1. The van der Waals surface area contributed by atoms with Gasteiger partial charge in [0.05, 0.1) is 12.0 Å². The number of anilines is 1. The van der Waals surface area contributed by atoms with Crippen molar-refractivity contribution in [3.63, 3.8) is 0 Å². The minimum absolute atomic E-state index is 0.00226. The van der Waals surface area contributed by atoms with E-state index in [1.165, 1.54) is 16.7 Å². The summed E-state index contributed by atoms with van der Waals surface area (Å²) < 4.78 is 22.7. The number of nitrogens with zero attached hydrogens (tertiary/aromatic N) is 2. The Morgan fingerprint density at radius 2 is 1.43 bits per heavy atom. The van der Waals surface area contributed by atoms with Crippen molar-refractivity contribution in [1.82, 2.24) is 0 Å². The van der Waals surface area contributed by atoms with Crippen LogP contribution in [0.5, 0.6) is 11.5 Å². The first kappa shape index (κ1) is 35.3. The van der Waals surface area contributed by atoms with E-state index >= 15 is 0 Å². The lowest BCUT2D eigenvalue weighted by molar-refractivity contribution is -0.139. The molecule has 1 aliphatic carbocycles. The third-order valence-corrected chi connectivity index (χ3v) is 9.80. The molecular formula is C46H42N2O5. The number of esters is 1. The number of epoxide rings is 1. The quantitative estimate of drug-likeness (QED) is 0.0355. The molecule has 1 saturated heterocycles. The molecule has 0 radical (unpaired) electrons. The molecule has 0 spiro atoms. The Morgan fingerprint density at radius 1 is 0.811 bits per heavy atom. The number of fused-ring (bicyclic) bond motifs is 1. The molecular weight excluding hydrogens is 661 g/mol. The van der Waals surface area contributed by atoms with Gasteiger partial charge in [0.2, 0.25) is 0 Å². The third kappa shape index (κ3) is 7.74. The highest BCUT2D eigenvalue weighted by Crippen LogP contribution is 2.51. The van der Waals surface area contributed by atoms with Gasteiger partial charge >= 0.3 is 5.97 Å². The average molecular weight is 703 g/mol. The largest absolute Gasteiger partial charge is 0.491 e. The van der Waals surface area contributed by atoms with E-state index in [4.69, 9.17) is 18.9 Å². The molecule has 1 aliphatic heterocycles. The molecule has 7 heteroatoms. The molecule has 0 bridgehead atoms. The second-order valence-corrected chi connectivity index (χ2v) is 13.0. The first-order valence-electron chi connectivity index (χ1n) is 18.1. The van der Waals surface area contributed by atoms with E-state index < -0.39 is 11.4 Å². The van der Waals surface area contributed by atoms with E-state index in [2.05, 4.69) is 97.6 Å². The van der Waals surface area contributed by atoms with Crippen molar-refractivity contribution >= 4 is 23.3 Å². The molecule has 1 fully saturated rings. The van der Waals surface area contributed by atoms with E-state index in [9.17, 15) is 10.1 Å². The lowest BCUT2D eigenvalue weighted by Gasteiger charge is -2.31. The summed E-state index contributed by atoms with van der Waals surface area (Å²) in [6.45, 7) is 7.46. The Hall–Kier alpha value is -6.10. The van der Waals surface area contributed by atoms with Crippen LogP contribution in [0.3, 0.4) is 0 Å². The maximum atomic E-state index is 12.7. The summed E-state index contributed by atoms with van der Waals surface area (Å²) in [5, 5.41) is 9.66. The second kappa shape index (κ2) is 16.1. The van der Waals surface area contributed by atoms with Crippen LogP contribution in [0.2, 0.25) is 0 Å². The number of hydrogen-bond donors (Lipinski definition) is 0. The van der Waals surface area contributed by atoms with Gasteiger partial charge in [0.1, 0.15) is 49.1 Å². The van der Waals surface area contributed by atoms with Crippen molar-refractivity contribution in [2.45, 2.75) is 25.4 Å². The summed E-state index contributed by atoms with van der Waals surface area (Å²) in [7, 11) is 0. The van der Waals surface area contributed by atoms with Crippen molar-refractivity contribution in [2.24, 2.45) is 0 Å². The highest BCUT2D eigenvalue weighted by Gasteiger charge is 2.41. The molecule has 5 aromatic rings. The normalized spacial score (nSPS) is 17.3. The molecule has 0 amide bonds. The average Bonchev–Trinajstić information content (AvgIpc) is 3.99. The minimum atomic E-state index is -0.681. The lowest BCUT2D eigenvalue weighted by Crippen LogP contribution is -2.25. The maximum absolute atomic E-state index is 12.7. The Bertz CT molecular complexity index is 2130. The van der Waals surface area contributed by atoms with Gasteiger partial charge in [-0.15, -0.1) is 0 Å². The summed E-state index contributed by atoms with van der Waals surface area (Å²) in [5.41, 5.74) is 8.14. The molecule has 0 N–H and O–H groups in total. The van der Waals surface area contributed by atoms with E-state index in [0.29, 0.717) is 12.4 Å². The van der Waals surface area contributed by atoms with Gasteiger partial charge in [0.15, 0.2) is 0 Å². The Labute approximate surface area is 311 Å². The van der Waals surface area contributed by atoms with Gasteiger partial charge in [-0.2, -0.15) is 5.26 Å². The highest BCUT2D eigenvalue weighted by molar-refractivity contribution is 5.98. The van der Waals surface area contributed by atoms with E-state index in [1.54, 1.807) is 6.08 Å². The summed E-state index contributed by atoms with van der Waals surface area (Å²) >= 11 is 0.